The molecule has 18 heavy (non-hydrogen) atoms. The van der Waals surface area contributed by atoms with E-state index in [1.165, 1.54) is 32.1 Å². The van der Waals surface area contributed by atoms with Gasteiger partial charge in [0, 0.05) is 0 Å². The van der Waals surface area contributed by atoms with Crippen LogP contribution >= 0.6 is 0 Å². The van der Waals surface area contributed by atoms with Gasteiger partial charge in [0.1, 0.15) is 0 Å². The normalized spacial score (nSPS) is 18.5. The number of hydrogen-bond donors (Lipinski definition) is 0. The maximum Gasteiger partial charge on any atom is -0.0208 e. The Balaban J connectivity index is 4.25. The minimum atomic E-state index is 0.707. The van der Waals surface area contributed by atoms with Gasteiger partial charge in [-0.25, -0.2) is 0 Å². The summed E-state index contributed by atoms with van der Waals surface area (Å²) in [6.07, 6.45) is 13.3. The third-order valence-corrected chi connectivity index (χ3v) is 4.13. The van der Waals surface area contributed by atoms with Crippen molar-refractivity contribution in [2.24, 2.45) is 23.7 Å². The molecule has 0 bridgehead atoms. The van der Waals surface area contributed by atoms with Crippen LogP contribution in [0.4, 0.5) is 0 Å². The highest BCUT2D eigenvalue weighted by molar-refractivity contribution is 4.89. The molecule has 0 aliphatic rings. The Hall–Kier alpha value is -0.520. The molecule has 0 rings (SSSR count). The average Bonchev–Trinajstić information content (AvgIpc) is 2.35. The van der Waals surface area contributed by atoms with Crippen molar-refractivity contribution in [3.8, 4) is 0 Å². The maximum absolute atomic E-state index is 3.95. The average molecular weight is 250 g/mol. The summed E-state index contributed by atoms with van der Waals surface area (Å²) >= 11 is 0. The minimum absolute atomic E-state index is 0.707. The van der Waals surface area contributed by atoms with Crippen molar-refractivity contribution in [2.75, 3.05) is 0 Å². The molecule has 0 aliphatic heterocycles. The number of allylic oxidation sites excluding steroid dienone is 3. The first kappa shape index (κ1) is 17.5. The third kappa shape index (κ3) is 7.03. The summed E-state index contributed by atoms with van der Waals surface area (Å²) in [5, 5.41) is 0. The number of hydrogen-bond acceptors (Lipinski definition) is 0. The summed E-state index contributed by atoms with van der Waals surface area (Å²) in [6, 6.07) is 0. The van der Waals surface area contributed by atoms with Gasteiger partial charge in [-0.05, 0) is 56.3 Å². The van der Waals surface area contributed by atoms with Crippen LogP contribution in [0.2, 0.25) is 0 Å². The lowest BCUT2D eigenvalue weighted by Crippen LogP contribution is -2.14. The summed E-state index contributed by atoms with van der Waals surface area (Å²) in [5.41, 5.74) is 0. The molecule has 0 aromatic carbocycles. The van der Waals surface area contributed by atoms with Crippen molar-refractivity contribution in [3.05, 3.63) is 24.8 Å². The zero-order valence-corrected chi connectivity index (χ0v) is 13.3. The Kier molecular flexibility index (Phi) is 10.1. The molecule has 0 amide bonds. The zero-order chi connectivity index (χ0) is 14.0. The first-order valence-corrected chi connectivity index (χ1v) is 7.84. The van der Waals surface area contributed by atoms with Gasteiger partial charge in [-0.3, -0.25) is 0 Å². The minimum Gasteiger partial charge on any atom is -0.103 e. The Morgan fingerprint density at radius 2 is 1.78 bits per heavy atom. The topological polar surface area (TPSA) is 0 Å². The Bertz CT molecular complexity index is 226. The molecule has 0 saturated carbocycles. The first-order chi connectivity index (χ1) is 8.58. The van der Waals surface area contributed by atoms with E-state index in [9.17, 15) is 0 Å². The lowest BCUT2D eigenvalue weighted by Gasteiger charge is -2.25. The molecule has 4 atom stereocenters. The van der Waals surface area contributed by atoms with E-state index in [1.54, 1.807) is 0 Å². The van der Waals surface area contributed by atoms with Gasteiger partial charge < -0.3 is 0 Å². The van der Waals surface area contributed by atoms with E-state index >= 15 is 0 Å². The van der Waals surface area contributed by atoms with Crippen LogP contribution in [0.1, 0.15) is 66.7 Å². The van der Waals surface area contributed by atoms with Crippen LogP contribution < -0.4 is 0 Å². The van der Waals surface area contributed by atoms with Crippen LogP contribution in [0.3, 0.4) is 0 Å². The molecule has 2 unspecified atom stereocenters. The fraction of sp³-hybridized carbons (Fsp3) is 0.778. The molecule has 0 N–H and O–H groups in total. The van der Waals surface area contributed by atoms with Gasteiger partial charge in [-0.15, -0.1) is 6.58 Å². The van der Waals surface area contributed by atoms with Crippen molar-refractivity contribution in [3.63, 3.8) is 0 Å². The van der Waals surface area contributed by atoms with Crippen LogP contribution in [-0.2, 0) is 0 Å². The first-order valence-electron chi connectivity index (χ1n) is 7.84. The molecule has 0 heteroatoms. The van der Waals surface area contributed by atoms with Gasteiger partial charge in [0.25, 0.3) is 0 Å². The van der Waals surface area contributed by atoms with Gasteiger partial charge >= 0.3 is 0 Å². The lowest BCUT2D eigenvalue weighted by molar-refractivity contribution is 0.297. The predicted molar refractivity (Wildman–Crippen MR) is 84.8 cm³/mol. The van der Waals surface area contributed by atoms with Crippen LogP contribution in [0.15, 0.2) is 24.8 Å². The molecular formula is C18H34. The van der Waals surface area contributed by atoms with Crippen molar-refractivity contribution in [1.29, 1.82) is 0 Å². The van der Waals surface area contributed by atoms with Crippen LogP contribution in [0.25, 0.3) is 0 Å². The summed E-state index contributed by atoms with van der Waals surface area (Å²) in [7, 11) is 0. The van der Waals surface area contributed by atoms with Crippen LogP contribution in [-0.4, -0.2) is 0 Å². The fourth-order valence-corrected chi connectivity index (χ4v) is 3.00. The van der Waals surface area contributed by atoms with Crippen molar-refractivity contribution < 1.29 is 0 Å². The maximum atomic E-state index is 3.95. The molecule has 0 fully saturated rings. The van der Waals surface area contributed by atoms with Crippen LogP contribution in [0, 0.1) is 23.7 Å². The molecule has 0 heterocycles. The molecule has 0 aromatic rings. The zero-order valence-electron chi connectivity index (χ0n) is 13.3. The van der Waals surface area contributed by atoms with E-state index in [2.05, 4.69) is 59.4 Å². The van der Waals surface area contributed by atoms with E-state index in [1.807, 2.05) is 0 Å². The largest absolute Gasteiger partial charge is 0.103 e. The fourth-order valence-electron chi connectivity index (χ4n) is 3.00. The highest BCUT2D eigenvalue weighted by Crippen LogP contribution is 2.29. The Labute approximate surface area is 116 Å². The summed E-state index contributed by atoms with van der Waals surface area (Å²) in [6.45, 7) is 15.5. The second-order valence-electron chi connectivity index (χ2n) is 5.94. The summed E-state index contributed by atoms with van der Waals surface area (Å²) < 4.78 is 0. The lowest BCUT2D eigenvalue weighted by atomic mass is 9.80. The Morgan fingerprint density at radius 1 is 1.11 bits per heavy atom. The SMILES string of the molecule is C=CC(CC)CC(C)C[C@H](C)[C@H](/C=C/C)CCC. The van der Waals surface area contributed by atoms with Gasteiger partial charge in [0.05, 0.1) is 0 Å². The van der Waals surface area contributed by atoms with Gasteiger partial charge in [0.15, 0.2) is 0 Å². The Morgan fingerprint density at radius 3 is 2.22 bits per heavy atom. The van der Waals surface area contributed by atoms with Crippen LogP contribution in [0.5, 0.6) is 0 Å². The van der Waals surface area contributed by atoms with E-state index in [4.69, 9.17) is 0 Å². The highest BCUT2D eigenvalue weighted by Gasteiger charge is 2.17. The van der Waals surface area contributed by atoms with Gasteiger partial charge in [-0.2, -0.15) is 0 Å². The second kappa shape index (κ2) is 10.4. The van der Waals surface area contributed by atoms with Crippen molar-refractivity contribution >= 4 is 0 Å². The molecule has 106 valence electrons. The van der Waals surface area contributed by atoms with E-state index in [0.29, 0.717) is 5.92 Å². The monoisotopic (exact) mass is 250 g/mol. The van der Waals surface area contributed by atoms with E-state index in [-0.39, 0.29) is 0 Å². The van der Waals surface area contributed by atoms with Crippen molar-refractivity contribution in [1.82, 2.24) is 0 Å². The van der Waals surface area contributed by atoms with E-state index in [0.717, 1.165) is 17.8 Å². The molecule has 0 saturated heterocycles. The second-order valence-corrected chi connectivity index (χ2v) is 5.94. The quantitative estimate of drug-likeness (QED) is 0.402. The molecule has 0 nitrogen and oxygen atoms in total. The molecule has 0 radical (unpaired) electrons. The molecular weight excluding hydrogens is 216 g/mol. The summed E-state index contributed by atoms with van der Waals surface area (Å²) in [4.78, 5) is 0. The smallest absolute Gasteiger partial charge is 0.0208 e. The van der Waals surface area contributed by atoms with Gasteiger partial charge in [0.2, 0.25) is 0 Å². The van der Waals surface area contributed by atoms with Gasteiger partial charge in [-0.1, -0.05) is 52.3 Å². The standard InChI is InChI=1S/C18H34/c1-7-11-18(12-8-2)16(6)13-15(5)14-17(9-3)10-4/h7,9,11,15-18H,3,8,10,12-14H2,1-2,4-6H3/b11-7+/t15?,16-,17?,18+/m0/s1. The predicted octanol–water partition coefficient (Wildman–Crippen LogP) is 6.24. The molecule has 0 spiro atoms. The molecule has 0 aromatic heterocycles. The van der Waals surface area contributed by atoms with E-state index < -0.39 is 0 Å². The number of rotatable bonds is 10. The summed E-state index contributed by atoms with van der Waals surface area (Å²) in [5.74, 6) is 3.09. The third-order valence-electron chi connectivity index (χ3n) is 4.13. The highest BCUT2D eigenvalue weighted by atomic mass is 14.2. The molecule has 0 aliphatic carbocycles. The van der Waals surface area contributed by atoms with Crippen molar-refractivity contribution in [2.45, 2.75) is 66.7 Å².